The second-order valence-electron chi connectivity index (χ2n) is 8.62. The van der Waals surface area contributed by atoms with Crippen LogP contribution in [0.5, 0.6) is 0 Å². The maximum atomic E-state index is 14.0. The van der Waals surface area contributed by atoms with Crippen LogP contribution in [-0.2, 0) is 12.8 Å². The maximum absolute atomic E-state index is 14.0. The number of nitrogens with zero attached hydrogens (tertiary/aromatic N) is 3. The molecule has 1 amide bonds. The lowest BCUT2D eigenvalue weighted by Gasteiger charge is -2.28. The van der Waals surface area contributed by atoms with E-state index in [2.05, 4.69) is 43.7 Å². The van der Waals surface area contributed by atoms with E-state index in [9.17, 15) is 9.18 Å². The molecule has 9 heteroatoms. The van der Waals surface area contributed by atoms with Gasteiger partial charge in [0.25, 0.3) is 5.91 Å². The monoisotopic (exact) mass is 454 g/mol. The van der Waals surface area contributed by atoms with Gasteiger partial charge in [-0.1, -0.05) is 6.07 Å². The molecule has 1 aliphatic carbocycles. The third-order valence-electron chi connectivity index (χ3n) is 6.23. The molecule has 2 aliphatic rings. The van der Waals surface area contributed by atoms with E-state index in [1.165, 1.54) is 22.5 Å². The number of hydrogen-bond acceptors (Lipinski definition) is 7. The molecule has 2 atom stereocenters. The number of thiophene rings is 1. The lowest BCUT2D eigenvalue weighted by molar-refractivity contribution is 0.0938. The van der Waals surface area contributed by atoms with E-state index in [-0.39, 0.29) is 11.9 Å². The van der Waals surface area contributed by atoms with Crippen LogP contribution in [0.3, 0.4) is 0 Å². The van der Waals surface area contributed by atoms with Gasteiger partial charge in [0.05, 0.1) is 17.9 Å². The Morgan fingerprint density at radius 2 is 2.25 bits per heavy atom. The topological polar surface area (TPSA) is 96.2 Å². The van der Waals surface area contributed by atoms with Crippen molar-refractivity contribution in [2.75, 3.05) is 36.8 Å². The summed E-state index contributed by atoms with van der Waals surface area (Å²) in [5.41, 5.74) is 11.6. The van der Waals surface area contributed by atoms with E-state index in [0.717, 1.165) is 43.7 Å². The Morgan fingerprint density at radius 3 is 3.12 bits per heavy atom. The van der Waals surface area contributed by atoms with Crippen molar-refractivity contribution in [2.24, 2.45) is 0 Å². The van der Waals surface area contributed by atoms with Crippen LogP contribution in [-0.4, -0.2) is 54.3 Å². The Kier molecular flexibility index (Phi) is 5.69. The molecule has 0 saturated carbocycles. The standard InChI is InChI=1S/C23H27FN6OS/c1-13-10-27-20-19(25)21(32-23(20)28-13)22(31)29-17-4-2-15-9-18(5-3-14(15)8-17)30-7-6-26-11-16(24)12-30/h3,5,9-10,16-17,26H,2,4,6-8,11-12,25H2,1H3,(H,29,31)/t16-,17+/m1/s1. The second kappa shape index (κ2) is 8.63. The summed E-state index contributed by atoms with van der Waals surface area (Å²) in [4.78, 5) is 25.0. The minimum atomic E-state index is -0.858. The third kappa shape index (κ3) is 4.14. The number of hydrogen-bond donors (Lipinski definition) is 3. The van der Waals surface area contributed by atoms with Crippen LogP contribution < -0.4 is 21.3 Å². The summed E-state index contributed by atoms with van der Waals surface area (Å²) in [6.07, 6.45) is 3.31. The van der Waals surface area contributed by atoms with E-state index in [1.807, 2.05) is 6.92 Å². The first-order chi connectivity index (χ1) is 15.5. The predicted molar refractivity (Wildman–Crippen MR) is 126 cm³/mol. The van der Waals surface area contributed by atoms with Crippen LogP contribution in [0.2, 0.25) is 0 Å². The molecule has 168 valence electrons. The van der Waals surface area contributed by atoms with Gasteiger partial charge in [-0.2, -0.15) is 0 Å². The first-order valence-electron chi connectivity index (χ1n) is 11.0. The Hall–Kier alpha value is -2.78. The zero-order chi connectivity index (χ0) is 22.2. The van der Waals surface area contributed by atoms with Crippen LogP contribution in [0.25, 0.3) is 10.3 Å². The Balaban J connectivity index is 1.28. The van der Waals surface area contributed by atoms with Gasteiger partial charge in [-0.15, -0.1) is 11.3 Å². The average molecular weight is 455 g/mol. The molecule has 32 heavy (non-hydrogen) atoms. The molecule has 0 bridgehead atoms. The van der Waals surface area contributed by atoms with E-state index >= 15 is 0 Å². The zero-order valence-electron chi connectivity index (χ0n) is 18.0. The largest absolute Gasteiger partial charge is 0.396 e. The molecule has 7 nitrogen and oxygen atoms in total. The number of nitrogen functional groups attached to an aromatic ring is 1. The van der Waals surface area contributed by atoms with Crippen molar-refractivity contribution in [3.8, 4) is 0 Å². The number of halogens is 1. The minimum Gasteiger partial charge on any atom is -0.396 e. The van der Waals surface area contributed by atoms with Gasteiger partial charge in [0.15, 0.2) is 0 Å². The van der Waals surface area contributed by atoms with Crippen LogP contribution in [0.15, 0.2) is 24.4 Å². The fraction of sp³-hybridized carbons (Fsp3) is 0.435. The fourth-order valence-corrected chi connectivity index (χ4v) is 5.55. The number of aryl methyl sites for hydroxylation is 2. The predicted octanol–water partition coefficient (Wildman–Crippen LogP) is 2.62. The average Bonchev–Trinajstić information content (AvgIpc) is 2.95. The quantitative estimate of drug-likeness (QED) is 0.563. The van der Waals surface area contributed by atoms with Gasteiger partial charge in [-0.05, 0) is 49.4 Å². The summed E-state index contributed by atoms with van der Waals surface area (Å²) in [7, 11) is 0. The molecule has 3 heterocycles. The molecule has 4 N–H and O–H groups in total. The number of anilines is 2. The number of nitrogens with one attached hydrogen (secondary N) is 2. The maximum Gasteiger partial charge on any atom is 0.263 e. The summed E-state index contributed by atoms with van der Waals surface area (Å²) >= 11 is 1.29. The van der Waals surface area contributed by atoms with Gasteiger partial charge in [0, 0.05) is 37.6 Å². The van der Waals surface area contributed by atoms with Gasteiger partial charge in [0.2, 0.25) is 0 Å². The van der Waals surface area contributed by atoms with Crippen molar-refractivity contribution in [3.63, 3.8) is 0 Å². The highest BCUT2D eigenvalue weighted by molar-refractivity contribution is 7.21. The summed E-state index contributed by atoms with van der Waals surface area (Å²) in [6.45, 7) is 4.30. The number of fused-ring (bicyclic) bond motifs is 2. The lowest BCUT2D eigenvalue weighted by Crippen LogP contribution is -2.39. The molecule has 1 aromatic carbocycles. The number of amides is 1. The van der Waals surface area contributed by atoms with Crippen molar-refractivity contribution in [2.45, 2.75) is 38.4 Å². The molecule has 0 unspecified atom stereocenters. The summed E-state index contributed by atoms with van der Waals surface area (Å²) < 4.78 is 14.0. The summed E-state index contributed by atoms with van der Waals surface area (Å²) in [5, 5.41) is 6.29. The zero-order valence-corrected chi connectivity index (χ0v) is 18.8. The first kappa shape index (κ1) is 21.1. The number of alkyl halides is 1. The Morgan fingerprint density at radius 1 is 1.38 bits per heavy atom. The highest BCUT2D eigenvalue weighted by Gasteiger charge is 2.25. The highest BCUT2D eigenvalue weighted by Crippen LogP contribution is 2.32. The van der Waals surface area contributed by atoms with Gasteiger partial charge < -0.3 is 21.3 Å². The molecular weight excluding hydrogens is 427 g/mol. The van der Waals surface area contributed by atoms with Crippen molar-refractivity contribution in [1.29, 1.82) is 0 Å². The number of benzene rings is 1. The molecule has 2 aromatic heterocycles. The molecular formula is C23H27FN6OS. The summed E-state index contributed by atoms with van der Waals surface area (Å²) in [5.74, 6) is -0.166. The molecule has 1 saturated heterocycles. The highest BCUT2D eigenvalue weighted by atomic mass is 32.1. The van der Waals surface area contributed by atoms with Gasteiger partial charge in [0.1, 0.15) is 21.4 Å². The van der Waals surface area contributed by atoms with Gasteiger partial charge in [-0.3, -0.25) is 4.79 Å². The smallest absolute Gasteiger partial charge is 0.263 e. The number of rotatable bonds is 3. The number of carbonyl (C=O) groups is 1. The molecule has 0 radical (unpaired) electrons. The van der Waals surface area contributed by atoms with E-state index in [1.54, 1.807) is 6.20 Å². The Labute approximate surface area is 190 Å². The molecule has 1 aliphatic heterocycles. The SMILES string of the molecule is Cc1cnc2c(N)c(C(=O)N[C@H]3CCc4cc(N5CCNC[C@@H](F)C5)ccc4C3)sc2n1. The number of nitrogens with two attached hydrogens (primary N) is 1. The van der Waals surface area contributed by atoms with Crippen molar-refractivity contribution in [1.82, 2.24) is 20.6 Å². The van der Waals surface area contributed by atoms with E-state index in [4.69, 9.17) is 5.73 Å². The van der Waals surface area contributed by atoms with Gasteiger partial charge in [-0.25, -0.2) is 14.4 Å². The van der Waals surface area contributed by atoms with Crippen molar-refractivity contribution < 1.29 is 9.18 Å². The third-order valence-corrected chi connectivity index (χ3v) is 7.31. The first-order valence-corrected chi connectivity index (χ1v) is 11.8. The minimum absolute atomic E-state index is 0.0470. The fourth-order valence-electron chi connectivity index (χ4n) is 4.55. The Bertz CT molecular complexity index is 1160. The van der Waals surface area contributed by atoms with Crippen LogP contribution >= 0.6 is 11.3 Å². The number of aromatic nitrogens is 2. The summed E-state index contributed by atoms with van der Waals surface area (Å²) in [6, 6.07) is 6.43. The van der Waals surface area contributed by atoms with Crippen LogP contribution in [0.4, 0.5) is 15.8 Å². The molecule has 1 fully saturated rings. The number of carbonyl (C=O) groups excluding carboxylic acids is 1. The molecule has 3 aromatic rings. The second-order valence-corrected chi connectivity index (χ2v) is 9.62. The molecule has 5 rings (SSSR count). The molecule has 0 spiro atoms. The van der Waals surface area contributed by atoms with Crippen LogP contribution in [0, 0.1) is 6.92 Å². The van der Waals surface area contributed by atoms with Crippen molar-refractivity contribution in [3.05, 3.63) is 46.1 Å². The van der Waals surface area contributed by atoms with Gasteiger partial charge >= 0.3 is 0 Å². The lowest BCUT2D eigenvalue weighted by atomic mass is 9.87. The van der Waals surface area contributed by atoms with Crippen molar-refractivity contribution >= 4 is 39.0 Å². The van der Waals surface area contributed by atoms with E-state index < -0.39 is 6.17 Å². The normalized spacial score (nSPS) is 21.2. The van der Waals surface area contributed by atoms with Crippen LogP contribution in [0.1, 0.15) is 32.9 Å². The van der Waals surface area contributed by atoms with E-state index in [0.29, 0.717) is 34.0 Å².